The van der Waals surface area contributed by atoms with Crippen LogP contribution >= 0.6 is 23.5 Å². The Hall–Kier alpha value is -0.710. The molecule has 0 saturated carbocycles. The second kappa shape index (κ2) is 5.24. The van der Waals surface area contributed by atoms with Gasteiger partial charge in [-0.3, -0.25) is 5.14 Å². The molecule has 0 atom stereocenters. The molecule has 0 radical (unpaired) electrons. The third-order valence-corrected chi connectivity index (χ3v) is 2.39. The number of rotatable bonds is 3. The fraction of sp³-hybridized carbons (Fsp3) is 0.222. The first kappa shape index (κ1) is 11.4. The standard InChI is InChI=1S/C9H10ClNO2S/c1-2-13-9(12)7-4-3-6(10)5-8(7)14-11/h3-5H,2,11H2,1H3. The van der Waals surface area contributed by atoms with E-state index in [2.05, 4.69) is 0 Å². The fourth-order valence-corrected chi connectivity index (χ4v) is 1.68. The first-order valence-corrected chi connectivity index (χ1v) is 5.28. The van der Waals surface area contributed by atoms with E-state index in [9.17, 15) is 4.79 Å². The number of esters is 1. The van der Waals surface area contributed by atoms with Crippen molar-refractivity contribution in [1.82, 2.24) is 0 Å². The molecule has 14 heavy (non-hydrogen) atoms. The molecule has 0 aliphatic heterocycles. The van der Waals surface area contributed by atoms with E-state index < -0.39 is 0 Å². The van der Waals surface area contributed by atoms with Crippen molar-refractivity contribution in [3.05, 3.63) is 28.8 Å². The van der Waals surface area contributed by atoms with Crippen LogP contribution in [0.4, 0.5) is 0 Å². The molecular formula is C9H10ClNO2S. The third kappa shape index (κ3) is 2.64. The van der Waals surface area contributed by atoms with Crippen molar-refractivity contribution < 1.29 is 9.53 Å². The Morgan fingerprint density at radius 3 is 2.93 bits per heavy atom. The van der Waals surface area contributed by atoms with Gasteiger partial charge >= 0.3 is 5.97 Å². The van der Waals surface area contributed by atoms with Gasteiger partial charge in [0.25, 0.3) is 0 Å². The van der Waals surface area contributed by atoms with E-state index in [0.717, 1.165) is 11.9 Å². The highest BCUT2D eigenvalue weighted by Crippen LogP contribution is 2.23. The van der Waals surface area contributed by atoms with Gasteiger partial charge in [-0.15, -0.1) is 0 Å². The van der Waals surface area contributed by atoms with Gasteiger partial charge < -0.3 is 4.74 Å². The summed E-state index contributed by atoms with van der Waals surface area (Å²) in [5.74, 6) is -0.378. The molecule has 0 amide bonds. The minimum Gasteiger partial charge on any atom is -0.462 e. The Labute approximate surface area is 91.7 Å². The van der Waals surface area contributed by atoms with Crippen molar-refractivity contribution in [2.24, 2.45) is 5.14 Å². The zero-order chi connectivity index (χ0) is 10.6. The normalized spacial score (nSPS) is 9.93. The molecule has 0 aliphatic rings. The molecule has 1 rings (SSSR count). The number of hydrogen-bond acceptors (Lipinski definition) is 4. The van der Waals surface area contributed by atoms with Crippen LogP contribution in [0.5, 0.6) is 0 Å². The van der Waals surface area contributed by atoms with Crippen molar-refractivity contribution in [3.8, 4) is 0 Å². The molecule has 0 saturated heterocycles. The maximum atomic E-state index is 11.4. The van der Waals surface area contributed by atoms with Crippen LogP contribution in [0.1, 0.15) is 17.3 Å². The lowest BCUT2D eigenvalue weighted by Gasteiger charge is -2.06. The summed E-state index contributed by atoms with van der Waals surface area (Å²) in [5, 5.41) is 5.95. The second-order valence-electron chi connectivity index (χ2n) is 2.48. The van der Waals surface area contributed by atoms with Crippen molar-refractivity contribution in [2.45, 2.75) is 11.8 Å². The predicted octanol–water partition coefficient (Wildman–Crippen LogP) is 2.48. The number of hydrogen-bond donors (Lipinski definition) is 1. The third-order valence-electron chi connectivity index (χ3n) is 1.57. The maximum Gasteiger partial charge on any atom is 0.339 e. The minimum atomic E-state index is -0.378. The van der Waals surface area contributed by atoms with E-state index in [-0.39, 0.29) is 5.97 Å². The number of benzene rings is 1. The van der Waals surface area contributed by atoms with E-state index in [1.165, 1.54) is 0 Å². The van der Waals surface area contributed by atoms with Gasteiger partial charge in [0.2, 0.25) is 0 Å². The highest BCUT2D eigenvalue weighted by atomic mass is 35.5. The lowest BCUT2D eigenvalue weighted by molar-refractivity contribution is 0.0522. The summed E-state index contributed by atoms with van der Waals surface area (Å²) in [7, 11) is 0. The number of ether oxygens (including phenoxy) is 1. The Bertz CT molecular complexity index is 344. The molecular weight excluding hydrogens is 222 g/mol. The smallest absolute Gasteiger partial charge is 0.339 e. The van der Waals surface area contributed by atoms with Gasteiger partial charge in [-0.1, -0.05) is 11.6 Å². The van der Waals surface area contributed by atoms with Crippen LogP contribution in [0.25, 0.3) is 0 Å². The van der Waals surface area contributed by atoms with Crippen molar-refractivity contribution in [3.63, 3.8) is 0 Å². The molecule has 1 aromatic carbocycles. The summed E-state index contributed by atoms with van der Waals surface area (Å²) < 4.78 is 4.86. The molecule has 0 bridgehead atoms. The lowest BCUT2D eigenvalue weighted by Crippen LogP contribution is -2.06. The number of carbonyl (C=O) groups excluding carboxylic acids is 1. The van der Waals surface area contributed by atoms with Crippen molar-refractivity contribution >= 4 is 29.5 Å². The zero-order valence-electron chi connectivity index (χ0n) is 7.62. The Morgan fingerprint density at radius 2 is 2.36 bits per heavy atom. The first-order valence-electron chi connectivity index (χ1n) is 4.02. The predicted molar refractivity (Wildman–Crippen MR) is 57.5 cm³/mol. The second-order valence-corrected chi connectivity index (χ2v) is 3.59. The van der Waals surface area contributed by atoms with Crippen LogP contribution in [0.2, 0.25) is 5.02 Å². The summed E-state index contributed by atoms with van der Waals surface area (Å²) in [6.45, 7) is 2.10. The van der Waals surface area contributed by atoms with Gasteiger partial charge in [0.05, 0.1) is 12.2 Å². The van der Waals surface area contributed by atoms with Crippen LogP contribution in [0.3, 0.4) is 0 Å². The first-order chi connectivity index (χ1) is 6.69. The van der Waals surface area contributed by atoms with Crippen molar-refractivity contribution in [2.75, 3.05) is 6.61 Å². The van der Waals surface area contributed by atoms with Gasteiger partial charge in [0.1, 0.15) is 0 Å². The zero-order valence-corrected chi connectivity index (χ0v) is 9.19. The molecule has 1 aromatic rings. The van der Waals surface area contributed by atoms with Crippen LogP contribution in [-0.4, -0.2) is 12.6 Å². The van der Waals surface area contributed by atoms with E-state index in [1.54, 1.807) is 25.1 Å². The summed E-state index contributed by atoms with van der Waals surface area (Å²) >= 11 is 6.73. The molecule has 3 nitrogen and oxygen atoms in total. The van der Waals surface area contributed by atoms with E-state index in [0.29, 0.717) is 22.1 Å². The highest BCUT2D eigenvalue weighted by Gasteiger charge is 2.12. The minimum absolute atomic E-state index is 0.343. The average molecular weight is 232 g/mol. The fourth-order valence-electron chi connectivity index (χ4n) is 0.971. The lowest BCUT2D eigenvalue weighted by atomic mass is 10.2. The van der Waals surface area contributed by atoms with Gasteiger partial charge in [-0.2, -0.15) is 0 Å². The molecule has 76 valence electrons. The summed E-state index contributed by atoms with van der Waals surface area (Å²) in [6.07, 6.45) is 0. The number of halogens is 1. The van der Waals surface area contributed by atoms with Crippen LogP contribution in [0.15, 0.2) is 23.1 Å². The summed E-state index contributed by atoms with van der Waals surface area (Å²) in [4.78, 5) is 12.0. The molecule has 5 heteroatoms. The van der Waals surface area contributed by atoms with E-state index in [1.807, 2.05) is 0 Å². The molecule has 2 N–H and O–H groups in total. The molecule has 0 spiro atoms. The Kier molecular flexibility index (Phi) is 4.25. The van der Waals surface area contributed by atoms with Crippen LogP contribution < -0.4 is 5.14 Å². The molecule has 0 unspecified atom stereocenters. The average Bonchev–Trinajstić information content (AvgIpc) is 2.17. The van der Waals surface area contributed by atoms with Gasteiger partial charge in [-0.25, -0.2) is 4.79 Å². The van der Waals surface area contributed by atoms with Crippen LogP contribution in [0, 0.1) is 0 Å². The molecule has 0 heterocycles. The Morgan fingerprint density at radius 1 is 1.64 bits per heavy atom. The quantitative estimate of drug-likeness (QED) is 0.642. The molecule has 0 aromatic heterocycles. The summed E-state index contributed by atoms with van der Waals surface area (Å²) in [6, 6.07) is 4.88. The summed E-state index contributed by atoms with van der Waals surface area (Å²) in [5.41, 5.74) is 0.448. The Balaban J connectivity index is 3.01. The number of nitrogens with two attached hydrogens (primary N) is 1. The van der Waals surface area contributed by atoms with E-state index in [4.69, 9.17) is 21.5 Å². The van der Waals surface area contributed by atoms with Crippen LogP contribution in [-0.2, 0) is 4.74 Å². The van der Waals surface area contributed by atoms with Gasteiger partial charge in [0.15, 0.2) is 0 Å². The van der Waals surface area contributed by atoms with Crippen molar-refractivity contribution in [1.29, 1.82) is 0 Å². The monoisotopic (exact) mass is 231 g/mol. The molecule has 0 fully saturated rings. The molecule has 0 aliphatic carbocycles. The highest BCUT2D eigenvalue weighted by molar-refractivity contribution is 7.97. The largest absolute Gasteiger partial charge is 0.462 e. The van der Waals surface area contributed by atoms with Gasteiger partial charge in [0, 0.05) is 9.92 Å². The number of carbonyl (C=O) groups is 1. The topological polar surface area (TPSA) is 52.3 Å². The SMILES string of the molecule is CCOC(=O)c1ccc(Cl)cc1SN. The van der Waals surface area contributed by atoms with Gasteiger partial charge in [-0.05, 0) is 37.1 Å². The maximum absolute atomic E-state index is 11.4. The van der Waals surface area contributed by atoms with E-state index >= 15 is 0 Å².